The number of ether oxygens (including phenoxy) is 2. The maximum atomic E-state index is 13.2. The molecule has 22 heavy (non-hydrogen) atoms. The van der Waals surface area contributed by atoms with Gasteiger partial charge >= 0.3 is 0 Å². The molecule has 0 unspecified atom stereocenters. The van der Waals surface area contributed by atoms with Crippen LogP contribution in [-0.2, 0) is 0 Å². The molecule has 0 atom stereocenters. The minimum atomic E-state index is -0.484. The summed E-state index contributed by atoms with van der Waals surface area (Å²) in [4.78, 5) is 12.0. The van der Waals surface area contributed by atoms with E-state index in [0.29, 0.717) is 18.9 Å². The second-order valence-electron chi connectivity index (χ2n) is 4.76. The third kappa shape index (κ3) is 4.22. The fraction of sp³-hybridized carbons (Fsp3) is 0.235. The standard InChI is InChI=1S/C17H18FNO3/c1-12-3-6-14(7-4-12)22-10-9-19-17(20)15-11-13(18)5-8-16(15)21-2/h3-8,11H,9-10H2,1-2H3,(H,19,20). The summed E-state index contributed by atoms with van der Waals surface area (Å²) >= 11 is 0. The Morgan fingerprint density at radius 1 is 1.18 bits per heavy atom. The van der Waals surface area contributed by atoms with E-state index in [0.717, 1.165) is 17.4 Å². The third-order valence-electron chi connectivity index (χ3n) is 3.08. The molecule has 1 N–H and O–H groups in total. The van der Waals surface area contributed by atoms with Crippen LogP contribution in [-0.4, -0.2) is 26.2 Å². The highest BCUT2D eigenvalue weighted by molar-refractivity contribution is 5.96. The minimum Gasteiger partial charge on any atom is -0.496 e. The Morgan fingerprint density at radius 2 is 1.91 bits per heavy atom. The summed E-state index contributed by atoms with van der Waals surface area (Å²) in [5.41, 5.74) is 1.32. The van der Waals surface area contributed by atoms with Crippen molar-refractivity contribution < 1.29 is 18.7 Å². The molecule has 0 fully saturated rings. The van der Waals surface area contributed by atoms with E-state index in [1.807, 2.05) is 31.2 Å². The Labute approximate surface area is 128 Å². The van der Waals surface area contributed by atoms with Crippen molar-refractivity contribution in [2.45, 2.75) is 6.92 Å². The largest absolute Gasteiger partial charge is 0.496 e. The van der Waals surface area contributed by atoms with Gasteiger partial charge in [-0.3, -0.25) is 4.79 Å². The number of aryl methyl sites for hydroxylation is 1. The van der Waals surface area contributed by atoms with Crippen molar-refractivity contribution in [2.75, 3.05) is 20.3 Å². The number of benzene rings is 2. The number of amides is 1. The molecule has 5 heteroatoms. The van der Waals surface area contributed by atoms with Crippen LogP contribution in [0.15, 0.2) is 42.5 Å². The van der Waals surface area contributed by atoms with Gasteiger partial charge in [-0.2, -0.15) is 0 Å². The molecular formula is C17H18FNO3. The van der Waals surface area contributed by atoms with Crippen molar-refractivity contribution in [3.05, 3.63) is 59.4 Å². The zero-order valence-corrected chi connectivity index (χ0v) is 12.6. The van der Waals surface area contributed by atoms with E-state index in [1.165, 1.54) is 19.2 Å². The second-order valence-corrected chi connectivity index (χ2v) is 4.76. The van der Waals surface area contributed by atoms with Crippen LogP contribution < -0.4 is 14.8 Å². The molecule has 1 amide bonds. The topological polar surface area (TPSA) is 47.6 Å². The number of methoxy groups -OCH3 is 1. The average molecular weight is 303 g/mol. The highest BCUT2D eigenvalue weighted by Crippen LogP contribution is 2.19. The minimum absolute atomic E-state index is 0.165. The van der Waals surface area contributed by atoms with Crippen LogP contribution in [0.25, 0.3) is 0 Å². The monoisotopic (exact) mass is 303 g/mol. The lowest BCUT2D eigenvalue weighted by atomic mass is 10.2. The summed E-state index contributed by atoms with van der Waals surface area (Å²) in [5, 5.41) is 2.67. The van der Waals surface area contributed by atoms with Crippen molar-refractivity contribution in [3.8, 4) is 11.5 Å². The van der Waals surface area contributed by atoms with Crippen molar-refractivity contribution in [1.82, 2.24) is 5.32 Å². The summed E-state index contributed by atoms with van der Waals surface area (Å²) < 4.78 is 23.8. The van der Waals surface area contributed by atoms with Crippen molar-refractivity contribution in [1.29, 1.82) is 0 Å². The maximum absolute atomic E-state index is 13.2. The zero-order valence-electron chi connectivity index (χ0n) is 12.6. The molecule has 0 saturated carbocycles. The molecule has 116 valence electrons. The quantitative estimate of drug-likeness (QED) is 0.835. The predicted molar refractivity (Wildman–Crippen MR) is 82.0 cm³/mol. The maximum Gasteiger partial charge on any atom is 0.255 e. The Morgan fingerprint density at radius 3 is 2.59 bits per heavy atom. The van der Waals surface area contributed by atoms with Gasteiger partial charge in [0, 0.05) is 0 Å². The molecule has 0 aliphatic rings. The number of halogens is 1. The van der Waals surface area contributed by atoms with Gasteiger partial charge in [0.05, 0.1) is 19.2 Å². The highest BCUT2D eigenvalue weighted by Gasteiger charge is 2.12. The van der Waals surface area contributed by atoms with Crippen molar-refractivity contribution in [2.24, 2.45) is 0 Å². The number of hydrogen-bond donors (Lipinski definition) is 1. The Kier molecular flexibility index (Phi) is 5.36. The second kappa shape index (κ2) is 7.45. The fourth-order valence-electron chi connectivity index (χ4n) is 1.92. The number of carbonyl (C=O) groups excluding carboxylic acids is 1. The first-order valence-corrected chi connectivity index (χ1v) is 6.91. The molecule has 2 aromatic carbocycles. The van der Waals surface area contributed by atoms with Crippen molar-refractivity contribution in [3.63, 3.8) is 0 Å². The Hall–Kier alpha value is -2.56. The van der Waals surface area contributed by atoms with Gasteiger partial charge in [0.15, 0.2) is 0 Å². The van der Waals surface area contributed by atoms with Crippen LogP contribution in [0.3, 0.4) is 0 Å². The SMILES string of the molecule is COc1ccc(F)cc1C(=O)NCCOc1ccc(C)cc1. The summed E-state index contributed by atoms with van der Waals surface area (Å²) in [6.07, 6.45) is 0. The molecule has 2 rings (SSSR count). The smallest absolute Gasteiger partial charge is 0.255 e. The summed E-state index contributed by atoms with van der Waals surface area (Å²) in [7, 11) is 1.44. The van der Waals surface area contributed by atoms with E-state index in [1.54, 1.807) is 0 Å². The third-order valence-corrected chi connectivity index (χ3v) is 3.08. The first-order valence-electron chi connectivity index (χ1n) is 6.91. The molecular weight excluding hydrogens is 285 g/mol. The Balaban J connectivity index is 1.85. The van der Waals surface area contributed by atoms with Gasteiger partial charge in [0.1, 0.15) is 23.9 Å². The predicted octanol–water partition coefficient (Wildman–Crippen LogP) is 2.95. The van der Waals surface area contributed by atoms with Crippen LogP contribution in [0.4, 0.5) is 4.39 Å². The van der Waals surface area contributed by atoms with Gasteiger partial charge in [-0.1, -0.05) is 17.7 Å². The molecule has 0 bridgehead atoms. The van der Waals surface area contributed by atoms with E-state index in [2.05, 4.69) is 5.32 Å². The van der Waals surface area contributed by atoms with E-state index in [-0.39, 0.29) is 5.56 Å². The first kappa shape index (κ1) is 15.8. The lowest BCUT2D eigenvalue weighted by Crippen LogP contribution is -2.28. The van der Waals surface area contributed by atoms with Crippen LogP contribution >= 0.6 is 0 Å². The van der Waals surface area contributed by atoms with E-state index in [4.69, 9.17) is 9.47 Å². The van der Waals surface area contributed by atoms with Crippen LogP contribution in [0.5, 0.6) is 11.5 Å². The molecule has 0 radical (unpaired) electrons. The van der Waals surface area contributed by atoms with E-state index < -0.39 is 11.7 Å². The lowest BCUT2D eigenvalue weighted by molar-refractivity contribution is 0.0943. The van der Waals surface area contributed by atoms with Gasteiger partial charge in [-0.05, 0) is 37.3 Å². The summed E-state index contributed by atoms with van der Waals surface area (Å²) in [6, 6.07) is 11.5. The zero-order chi connectivity index (χ0) is 15.9. The fourth-order valence-corrected chi connectivity index (χ4v) is 1.92. The van der Waals surface area contributed by atoms with Crippen molar-refractivity contribution >= 4 is 5.91 Å². The van der Waals surface area contributed by atoms with Gasteiger partial charge in [0.25, 0.3) is 5.91 Å². The number of rotatable bonds is 6. The molecule has 0 spiro atoms. The lowest BCUT2D eigenvalue weighted by Gasteiger charge is -2.10. The molecule has 0 aliphatic carbocycles. The van der Waals surface area contributed by atoms with Crippen LogP contribution in [0.2, 0.25) is 0 Å². The summed E-state index contributed by atoms with van der Waals surface area (Å²) in [5.74, 6) is 0.187. The normalized spacial score (nSPS) is 10.1. The number of carbonyl (C=O) groups is 1. The van der Waals surface area contributed by atoms with Gasteiger partial charge in [-0.25, -0.2) is 4.39 Å². The molecule has 0 saturated heterocycles. The van der Waals surface area contributed by atoms with E-state index in [9.17, 15) is 9.18 Å². The Bertz CT molecular complexity index is 641. The first-order chi connectivity index (χ1) is 10.6. The van der Waals surface area contributed by atoms with Crippen LogP contribution in [0.1, 0.15) is 15.9 Å². The number of nitrogens with one attached hydrogen (secondary N) is 1. The molecule has 0 heterocycles. The van der Waals surface area contributed by atoms with E-state index >= 15 is 0 Å². The molecule has 0 aliphatic heterocycles. The van der Waals surface area contributed by atoms with Gasteiger partial charge in [-0.15, -0.1) is 0 Å². The summed E-state index contributed by atoms with van der Waals surface area (Å²) in [6.45, 7) is 2.63. The highest BCUT2D eigenvalue weighted by atomic mass is 19.1. The van der Waals surface area contributed by atoms with Gasteiger partial charge < -0.3 is 14.8 Å². The van der Waals surface area contributed by atoms with Crippen LogP contribution in [0, 0.1) is 12.7 Å². The van der Waals surface area contributed by atoms with Gasteiger partial charge in [0.2, 0.25) is 0 Å². The average Bonchev–Trinajstić information content (AvgIpc) is 2.53. The number of hydrogen-bond acceptors (Lipinski definition) is 3. The molecule has 4 nitrogen and oxygen atoms in total. The molecule has 2 aromatic rings. The molecule has 0 aromatic heterocycles.